The number of nitrogens with one attached hydrogen (secondary N) is 1. The van der Waals surface area contributed by atoms with Crippen LogP contribution in [0.4, 0.5) is 0 Å². The summed E-state index contributed by atoms with van der Waals surface area (Å²) in [6.07, 6.45) is 6.05. The van der Waals surface area contributed by atoms with Gasteiger partial charge in [0.15, 0.2) is 6.29 Å². The number of rotatable bonds is 1. The smallest absolute Gasteiger partial charge is 0.167 e. The number of fused-ring (bicyclic) bond motifs is 1. The number of aliphatic imine (C=N–C) groups is 1. The van der Waals surface area contributed by atoms with Crippen LogP contribution >= 0.6 is 0 Å². The summed E-state index contributed by atoms with van der Waals surface area (Å²) in [5.41, 5.74) is 4.43. The quantitative estimate of drug-likeness (QED) is 0.526. The first-order valence-electron chi connectivity index (χ1n) is 3.33. The van der Waals surface area contributed by atoms with Crippen molar-refractivity contribution >= 4 is 12.5 Å². The first-order valence-corrected chi connectivity index (χ1v) is 3.33. The lowest BCUT2D eigenvalue weighted by molar-refractivity contribution is -0.105. The molecule has 0 spiro atoms. The van der Waals surface area contributed by atoms with Crippen molar-refractivity contribution in [3.63, 3.8) is 0 Å². The van der Waals surface area contributed by atoms with Crippen molar-refractivity contribution in [1.29, 1.82) is 0 Å². The Morgan fingerprint density at radius 1 is 1.73 bits per heavy atom. The summed E-state index contributed by atoms with van der Waals surface area (Å²) in [5.74, 6) is 0. The lowest BCUT2D eigenvalue weighted by atomic mass is 10.3. The van der Waals surface area contributed by atoms with Gasteiger partial charge in [-0.25, -0.2) is 0 Å². The van der Waals surface area contributed by atoms with Crippen LogP contribution in [0.3, 0.4) is 0 Å². The highest BCUT2D eigenvalue weighted by Crippen LogP contribution is 2.14. The van der Waals surface area contributed by atoms with Gasteiger partial charge in [-0.05, 0) is 6.08 Å². The van der Waals surface area contributed by atoms with Gasteiger partial charge in [0.25, 0.3) is 0 Å². The highest BCUT2D eigenvalue weighted by Gasteiger charge is 2.17. The molecule has 0 saturated carbocycles. The van der Waals surface area contributed by atoms with E-state index >= 15 is 0 Å². The highest BCUT2D eigenvalue weighted by atomic mass is 16.1. The largest absolute Gasteiger partial charge is 0.296 e. The Morgan fingerprint density at radius 3 is 3.36 bits per heavy atom. The van der Waals surface area contributed by atoms with Crippen molar-refractivity contribution in [2.45, 2.75) is 0 Å². The second kappa shape index (κ2) is 2.23. The van der Waals surface area contributed by atoms with Crippen LogP contribution in [0.2, 0.25) is 0 Å². The van der Waals surface area contributed by atoms with E-state index in [2.05, 4.69) is 10.4 Å². The molecule has 4 heteroatoms. The minimum absolute atomic E-state index is 0.585. The molecule has 0 saturated heterocycles. The number of hydrogen-bond donors (Lipinski definition) is 1. The van der Waals surface area contributed by atoms with Gasteiger partial charge in [0.05, 0.1) is 24.1 Å². The Kier molecular flexibility index (Phi) is 1.25. The van der Waals surface area contributed by atoms with Gasteiger partial charge in [-0.15, -0.1) is 0 Å². The molecule has 2 rings (SSSR count). The molecule has 0 aromatic heterocycles. The van der Waals surface area contributed by atoms with Crippen molar-refractivity contribution in [1.82, 2.24) is 10.4 Å². The molecule has 2 aliphatic rings. The summed E-state index contributed by atoms with van der Waals surface area (Å²) in [6, 6.07) is 0. The molecule has 0 radical (unpaired) electrons. The van der Waals surface area contributed by atoms with Crippen LogP contribution in [0.15, 0.2) is 28.7 Å². The number of allylic oxidation sites excluding steroid dienone is 2. The zero-order chi connectivity index (χ0) is 7.68. The molecule has 0 aliphatic carbocycles. The number of hydrazine groups is 1. The summed E-state index contributed by atoms with van der Waals surface area (Å²) >= 11 is 0. The monoisotopic (exact) mass is 149 g/mol. The SMILES string of the molecule is O=CC1=CC2=CN=CCN2N1. The average Bonchev–Trinajstić information content (AvgIpc) is 2.46. The number of hydrogen-bond acceptors (Lipinski definition) is 4. The fourth-order valence-corrected chi connectivity index (χ4v) is 1.07. The molecule has 0 aromatic carbocycles. The molecule has 11 heavy (non-hydrogen) atoms. The van der Waals surface area contributed by atoms with Crippen LogP contribution in [-0.4, -0.2) is 24.1 Å². The molecule has 0 fully saturated rings. The highest BCUT2D eigenvalue weighted by molar-refractivity contribution is 5.75. The number of nitrogens with zero attached hydrogens (tertiary/aromatic N) is 2. The van der Waals surface area contributed by atoms with E-state index in [-0.39, 0.29) is 0 Å². The third kappa shape index (κ3) is 0.920. The van der Waals surface area contributed by atoms with Crippen LogP contribution in [0.1, 0.15) is 0 Å². The summed E-state index contributed by atoms with van der Waals surface area (Å²) in [6.45, 7) is 0.708. The Labute approximate surface area is 63.9 Å². The molecule has 0 atom stereocenters. The van der Waals surface area contributed by atoms with Crippen molar-refractivity contribution in [2.75, 3.05) is 6.54 Å². The standard InChI is InChI=1S/C7H7N3O/c11-5-6-3-7-4-8-1-2-10(7)9-6/h1,3-5,9H,2H2. The van der Waals surface area contributed by atoms with Crippen LogP contribution in [-0.2, 0) is 4.79 Å². The third-order valence-electron chi connectivity index (χ3n) is 1.58. The molecule has 56 valence electrons. The van der Waals surface area contributed by atoms with Crippen molar-refractivity contribution < 1.29 is 4.79 Å². The Bertz CT molecular complexity index is 277. The molecule has 0 bridgehead atoms. The van der Waals surface area contributed by atoms with Crippen LogP contribution in [0.25, 0.3) is 0 Å². The van der Waals surface area contributed by atoms with Crippen LogP contribution < -0.4 is 5.43 Å². The average molecular weight is 149 g/mol. The zero-order valence-corrected chi connectivity index (χ0v) is 5.82. The minimum atomic E-state index is 0.585. The van der Waals surface area contributed by atoms with Crippen molar-refractivity contribution in [3.8, 4) is 0 Å². The van der Waals surface area contributed by atoms with E-state index in [0.717, 1.165) is 12.0 Å². The summed E-state index contributed by atoms with van der Waals surface area (Å²) < 4.78 is 0. The molecular weight excluding hydrogens is 142 g/mol. The van der Waals surface area contributed by atoms with E-state index in [0.29, 0.717) is 12.2 Å². The molecule has 0 amide bonds. The summed E-state index contributed by atoms with van der Waals surface area (Å²) in [7, 11) is 0. The Hall–Kier alpha value is -1.58. The van der Waals surface area contributed by atoms with E-state index in [1.807, 2.05) is 5.01 Å². The lowest BCUT2D eigenvalue weighted by Crippen LogP contribution is -2.33. The molecule has 4 nitrogen and oxygen atoms in total. The van der Waals surface area contributed by atoms with Gasteiger partial charge in [0.1, 0.15) is 0 Å². The van der Waals surface area contributed by atoms with E-state index in [1.54, 1.807) is 18.5 Å². The van der Waals surface area contributed by atoms with Crippen LogP contribution in [0.5, 0.6) is 0 Å². The van der Waals surface area contributed by atoms with E-state index in [1.165, 1.54) is 0 Å². The predicted octanol–water partition coefficient (Wildman–Crippen LogP) is -0.185. The maximum atomic E-state index is 10.3. The fraction of sp³-hybridized carbons (Fsp3) is 0.143. The normalized spacial score (nSPS) is 20.2. The maximum Gasteiger partial charge on any atom is 0.167 e. The predicted molar refractivity (Wildman–Crippen MR) is 40.6 cm³/mol. The second-order valence-corrected chi connectivity index (χ2v) is 2.33. The van der Waals surface area contributed by atoms with Gasteiger partial charge in [-0.3, -0.25) is 20.2 Å². The number of aldehydes is 1. The summed E-state index contributed by atoms with van der Waals surface area (Å²) in [5, 5.41) is 1.86. The Balaban J connectivity index is 2.28. The second-order valence-electron chi connectivity index (χ2n) is 2.33. The van der Waals surface area contributed by atoms with E-state index in [9.17, 15) is 4.79 Å². The minimum Gasteiger partial charge on any atom is -0.296 e. The maximum absolute atomic E-state index is 10.3. The first-order chi connectivity index (χ1) is 5.40. The van der Waals surface area contributed by atoms with Crippen LogP contribution in [0, 0.1) is 0 Å². The zero-order valence-electron chi connectivity index (χ0n) is 5.82. The molecule has 0 unspecified atom stereocenters. The summed E-state index contributed by atoms with van der Waals surface area (Å²) in [4.78, 5) is 14.3. The molecule has 2 aliphatic heterocycles. The van der Waals surface area contributed by atoms with Gasteiger partial charge >= 0.3 is 0 Å². The van der Waals surface area contributed by atoms with Crippen molar-refractivity contribution in [3.05, 3.63) is 23.7 Å². The molecular formula is C7H7N3O. The van der Waals surface area contributed by atoms with Gasteiger partial charge in [-0.2, -0.15) is 0 Å². The number of carbonyl (C=O) groups excluding carboxylic acids is 1. The van der Waals surface area contributed by atoms with E-state index < -0.39 is 0 Å². The fourth-order valence-electron chi connectivity index (χ4n) is 1.07. The molecule has 1 N–H and O–H groups in total. The Morgan fingerprint density at radius 2 is 2.64 bits per heavy atom. The van der Waals surface area contributed by atoms with Gasteiger partial charge in [-0.1, -0.05) is 0 Å². The van der Waals surface area contributed by atoms with Crippen molar-refractivity contribution in [2.24, 2.45) is 4.99 Å². The van der Waals surface area contributed by atoms with Gasteiger partial charge in [0.2, 0.25) is 0 Å². The topological polar surface area (TPSA) is 44.7 Å². The lowest BCUT2D eigenvalue weighted by Gasteiger charge is -2.19. The third-order valence-corrected chi connectivity index (χ3v) is 1.58. The molecule has 0 aromatic rings. The van der Waals surface area contributed by atoms with Gasteiger partial charge in [0, 0.05) is 6.21 Å². The van der Waals surface area contributed by atoms with E-state index in [4.69, 9.17) is 0 Å². The van der Waals surface area contributed by atoms with Gasteiger partial charge < -0.3 is 0 Å². The molecule has 2 heterocycles. The number of carbonyl (C=O) groups is 1. The first kappa shape index (κ1) is 6.15.